The fourth-order valence-corrected chi connectivity index (χ4v) is 7.14. The van der Waals surface area contributed by atoms with Gasteiger partial charge in [0.25, 0.3) is 0 Å². The number of nitrogens with zero attached hydrogens (tertiary/aromatic N) is 10. The van der Waals surface area contributed by atoms with E-state index in [0.717, 1.165) is 80.9 Å². The zero-order valence-electron chi connectivity index (χ0n) is 31.8. The normalized spacial score (nSPS) is 13.9. The molecule has 0 spiro atoms. The zero-order valence-corrected chi connectivity index (χ0v) is 31.8. The third-order valence-electron chi connectivity index (χ3n) is 10.4. The highest BCUT2D eigenvalue weighted by atomic mass is 16.1. The van der Waals surface area contributed by atoms with Gasteiger partial charge in [-0.1, -0.05) is 26.0 Å². The number of aromatic nitrogens is 6. The first-order valence-electron chi connectivity index (χ1n) is 18.2. The summed E-state index contributed by atoms with van der Waals surface area (Å²) in [4.78, 5) is 46.4. The topological polar surface area (TPSA) is 155 Å². The molecule has 13 heteroatoms. The molecule has 13 nitrogen and oxygen atoms in total. The number of anilines is 4. The second-order valence-electron chi connectivity index (χ2n) is 13.7. The number of nitriles is 1. The fourth-order valence-electron chi connectivity index (χ4n) is 7.14. The van der Waals surface area contributed by atoms with Crippen LogP contribution in [0.15, 0.2) is 73.6 Å². The number of hydrogen-bond donors (Lipinski definition) is 1. The molecular weight excluding hydrogens is 679 g/mol. The molecule has 54 heavy (non-hydrogen) atoms. The summed E-state index contributed by atoms with van der Waals surface area (Å²) >= 11 is 0. The zero-order chi connectivity index (χ0) is 38.5. The fraction of sp³-hybridized carbons (Fsp3) is 0.341. The van der Waals surface area contributed by atoms with E-state index >= 15 is 0 Å². The minimum atomic E-state index is -0.336. The van der Waals surface area contributed by atoms with Crippen LogP contribution >= 0.6 is 0 Å². The van der Waals surface area contributed by atoms with Gasteiger partial charge in [0.1, 0.15) is 35.0 Å². The first-order valence-corrected chi connectivity index (χ1v) is 18.2. The van der Waals surface area contributed by atoms with Crippen LogP contribution in [0.25, 0.3) is 22.1 Å². The van der Waals surface area contributed by atoms with E-state index in [2.05, 4.69) is 61.8 Å². The van der Waals surface area contributed by atoms with Crippen molar-refractivity contribution < 1.29 is 9.59 Å². The van der Waals surface area contributed by atoms with E-state index in [1.165, 1.54) is 0 Å². The number of aryl methyl sites for hydroxylation is 4. The number of carbonyl (C=O) groups is 2. The number of nitrogens with two attached hydrogens (primary N) is 1. The maximum atomic E-state index is 11.5. The van der Waals surface area contributed by atoms with E-state index in [4.69, 9.17) is 5.73 Å². The Morgan fingerprint density at radius 3 is 1.85 bits per heavy atom. The predicted octanol–water partition coefficient (Wildman–Crippen LogP) is 6.17. The number of imidazole rings is 2. The molecule has 0 aliphatic carbocycles. The van der Waals surface area contributed by atoms with Crippen LogP contribution in [0, 0.1) is 17.2 Å². The average Bonchev–Trinajstić information content (AvgIpc) is 3.78. The van der Waals surface area contributed by atoms with Gasteiger partial charge >= 0.3 is 0 Å². The summed E-state index contributed by atoms with van der Waals surface area (Å²) in [7, 11) is 7.93. The van der Waals surface area contributed by atoms with Gasteiger partial charge in [0.15, 0.2) is 0 Å². The van der Waals surface area contributed by atoms with Crippen molar-refractivity contribution in [1.29, 1.82) is 5.26 Å². The number of hydrogen-bond acceptors (Lipinski definition) is 10. The molecule has 7 rings (SSSR count). The number of fused-ring (bicyclic) bond motifs is 2. The molecule has 5 heterocycles. The number of benzene rings is 2. The Bertz CT molecular complexity index is 2330. The maximum absolute atomic E-state index is 11.5. The second-order valence-corrected chi connectivity index (χ2v) is 13.7. The number of likely N-dealkylation sites (tertiary alicyclic amines) is 1. The van der Waals surface area contributed by atoms with Crippen molar-refractivity contribution in [2.45, 2.75) is 45.6 Å². The molecule has 1 fully saturated rings. The molecule has 4 aromatic heterocycles. The Balaban J connectivity index is 0.000000197. The number of rotatable bonds is 10. The molecule has 1 aliphatic heterocycles. The number of aldehydes is 1. The van der Waals surface area contributed by atoms with E-state index in [0.29, 0.717) is 31.5 Å². The van der Waals surface area contributed by atoms with Gasteiger partial charge in [-0.25, -0.2) is 19.9 Å². The van der Waals surface area contributed by atoms with Crippen LogP contribution < -0.4 is 15.5 Å². The lowest BCUT2D eigenvalue weighted by Gasteiger charge is -2.34. The van der Waals surface area contributed by atoms with Gasteiger partial charge in [0, 0.05) is 76.3 Å². The van der Waals surface area contributed by atoms with Crippen molar-refractivity contribution in [1.82, 2.24) is 34.0 Å². The molecule has 0 bridgehead atoms. The van der Waals surface area contributed by atoms with Gasteiger partial charge in [-0.2, -0.15) is 5.26 Å². The molecule has 1 saturated heterocycles. The molecule has 6 aromatic rings. The van der Waals surface area contributed by atoms with Crippen molar-refractivity contribution >= 4 is 57.3 Å². The Hall–Kier alpha value is -6.13. The summed E-state index contributed by atoms with van der Waals surface area (Å²) in [6, 6.07) is 18.2. The molecule has 2 aromatic carbocycles. The smallest absolute Gasteiger partial charge is 0.220 e. The standard InChI is InChI=1S/C24H29N7O.C17H18N4O/c1-4-16-11-18(22(13-25)31-9-7-17(8-10-31)24(26)32)5-6-20(16)30(3)23-12-21-19(14-27-23)28-15-29(21)2;1-4-13-7-12(10-22)5-6-15(13)21(3)17-8-16-14(9-18-17)19-11-20(16)2/h5-6,11-12,14-15,17,22H,4,7-10H2,1-3H3,(H2,26,32);5-11H,4H2,1-3H3. The van der Waals surface area contributed by atoms with Crippen LogP contribution in [0.1, 0.15) is 59.8 Å². The first-order chi connectivity index (χ1) is 26.1. The van der Waals surface area contributed by atoms with Crippen molar-refractivity contribution in [3.63, 3.8) is 0 Å². The molecule has 0 saturated carbocycles. The van der Waals surface area contributed by atoms with E-state index in [-0.39, 0.29) is 17.9 Å². The van der Waals surface area contributed by atoms with Crippen LogP contribution in [0.5, 0.6) is 0 Å². The predicted molar refractivity (Wildman–Crippen MR) is 212 cm³/mol. The van der Waals surface area contributed by atoms with Crippen LogP contribution in [-0.2, 0) is 31.7 Å². The number of amides is 1. The molecule has 1 unspecified atom stereocenters. The summed E-state index contributed by atoms with van der Waals surface area (Å²) < 4.78 is 3.96. The van der Waals surface area contributed by atoms with E-state index in [9.17, 15) is 14.9 Å². The minimum absolute atomic E-state index is 0.0860. The van der Waals surface area contributed by atoms with Crippen LogP contribution in [0.3, 0.4) is 0 Å². The van der Waals surface area contributed by atoms with Gasteiger partial charge in [-0.3, -0.25) is 14.5 Å². The van der Waals surface area contributed by atoms with Crippen molar-refractivity contribution in [3.8, 4) is 6.07 Å². The third kappa shape index (κ3) is 7.65. The van der Waals surface area contributed by atoms with Crippen LogP contribution in [0.4, 0.5) is 23.0 Å². The van der Waals surface area contributed by atoms with E-state index < -0.39 is 0 Å². The monoisotopic (exact) mass is 725 g/mol. The Morgan fingerprint density at radius 2 is 1.37 bits per heavy atom. The quantitative estimate of drug-likeness (QED) is 0.162. The van der Waals surface area contributed by atoms with Crippen LogP contribution in [0.2, 0.25) is 0 Å². The largest absolute Gasteiger partial charge is 0.369 e. The SMILES string of the molecule is CCc1cc(C(C#N)N2CCC(C(N)=O)CC2)ccc1N(C)c1cc2c(cn1)ncn2C.CCc1cc(C=O)ccc1N(C)c1cc2c(cn1)ncn2C. The van der Waals surface area contributed by atoms with Crippen molar-refractivity contribution in [3.05, 3.63) is 95.8 Å². The average molecular weight is 726 g/mol. The molecule has 1 aliphatic rings. The lowest BCUT2D eigenvalue weighted by atomic mass is 9.93. The summed E-state index contributed by atoms with van der Waals surface area (Å²) in [5.41, 5.74) is 15.4. The number of carbonyl (C=O) groups excluding carboxylic acids is 2. The van der Waals surface area contributed by atoms with Crippen molar-refractivity contribution in [2.75, 3.05) is 37.0 Å². The lowest BCUT2D eigenvalue weighted by molar-refractivity contribution is -0.123. The van der Waals surface area contributed by atoms with Gasteiger partial charge in [0.05, 0.1) is 42.2 Å². The minimum Gasteiger partial charge on any atom is -0.369 e. The van der Waals surface area contributed by atoms with Crippen molar-refractivity contribution in [2.24, 2.45) is 25.7 Å². The Labute approximate surface area is 315 Å². The highest BCUT2D eigenvalue weighted by molar-refractivity contribution is 5.81. The summed E-state index contributed by atoms with van der Waals surface area (Å²) in [5.74, 6) is 1.37. The van der Waals surface area contributed by atoms with Gasteiger partial charge in [0.2, 0.25) is 5.91 Å². The highest BCUT2D eigenvalue weighted by Crippen LogP contribution is 2.33. The van der Waals surface area contributed by atoms with Gasteiger partial charge in [-0.05, 0) is 66.6 Å². The molecule has 1 amide bonds. The Morgan fingerprint density at radius 1 is 0.852 bits per heavy atom. The number of primary amides is 1. The first kappa shape index (κ1) is 37.6. The van der Waals surface area contributed by atoms with E-state index in [1.807, 2.05) is 78.6 Å². The molecular formula is C41H47N11O2. The number of piperidine rings is 1. The third-order valence-corrected chi connectivity index (χ3v) is 10.4. The summed E-state index contributed by atoms with van der Waals surface area (Å²) in [6.07, 6.45) is 11.1. The maximum Gasteiger partial charge on any atom is 0.220 e. The van der Waals surface area contributed by atoms with Gasteiger partial charge < -0.3 is 24.7 Å². The lowest BCUT2D eigenvalue weighted by Crippen LogP contribution is -2.40. The second kappa shape index (κ2) is 16.3. The molecule has 0 radical (unpaired) electrons. The highest BCUT2D eigenvalue weighted by Gasteiger charge is 2.29. The summed E-state index contributed by atoms with van der Waals surface area (Å²) in [5, 5.41) is 9.92. The van der Waals surface area contributed by atoms with Crippen LogP contribution in [-0.4, -0.2) is 73.3 Å². The molecule has 2 N–H and O–H groups in total. The van der Waals surface area contributed by atoms with Gasteiger partial charge in [-0.15, -0.1) is 0 Å². The van der Waals surface area contributed by atoms with E-state index in [1.54, 1.807) is 25.0 Å². The Kier molecular flexibility index (Phi) is 11.3. The number of pyridine rings is 2. The molecule has 278 valence electrons. The molecule has 1 atom stereocenters. The summed E-state index contributed by atoms with van der Waals surface area (Å²) in [6.45, 7) is 5.60.